The van der Waals surface area contributed by atoms with Crippen LogP contribution >= 0.6 is 0 Å². The molecule has 176 valence electrons. The second-order valence-electron chi connectivity index (χ2n) is 8.35. The average molecular weight is 469 g/mol. The highest BCUT2D eigenvalue weighted by molar-refractivity contribution is 6.04. The largest absolute Gasteiger partial charge is 0.497 e. The Hall–Kier alpha value is -4.65. The van der Waals surface area contributed by atoms with Crippen molar-refractivity contribution in [1.82, 2.24) is 24.3 Å². The summed E-state index contributed by atoms with van der Waals surface area (Å²) in [7, 11) is 1.56. The number of nitrogens with one attached hydrogen (secondary N) is 1. The van der Waals surface area contributed by atoms with Crippen molar-refractivity contribution in [2.75, 3.05) is 31.2 Å². The van der Waals surface area contributed by atoms with Crippen LogP contribution in [0.15, 0.2) is 55.0 Å². The lowest BCUT2D eigenvalue weighted by atomic mass is 9.98. The second kappa shape index (κ2) is 9.30. The van der Waals surface area contributed by atoms with Crippen LogP contribution in [0.1, 0.15) is 34.9 Å². The van der Waals surface area contributed by atoms with E-state index in [1.54, 1.807) is 48.7 Å². The van der Waals surface area contributed by atoms with Gasteiger partial charge in [0.25, 0.3) is 5.91 Å². The number of piperidine rings is 1. The molecular weight excluding hydrogens is 444 g/mol. The summed E-state index contributed by atoms with van der Waals surface area (Å²) in [4.78, 5) is 27.9. The van der Waals surface area contributed by atoms with Crippen LogP contribution in [0.4, 0.5) is 11.6 Å². The third-order valence-corrected chi connectivity index (χ3v) is 6.17. The van der Waals surface area contributed by atoms with Crippen molar-refractivity contribution < 1.29 is 9.53 Å². The van der Waals surface area contributed by atoms with Crippen LogP contribution in [0.3, 0.4) is 0 Å². The minimum Gasteiger partial charge on any atom is -0.497 e. The summed E-state index contributed by atoms with van der Waals surface area (Å²) in [5, 5.41) is 12.1. The summed E-state index contributed by atoms with van der Waals surface area (Å²) in [5.41, 5.74) is 8.97. The molecule has 1 aliphatic rings. The number of rotatable bonds is 5. The van der Waals surface area contributed by atoms with E-state index in [-0.39, 0.29) is 11.8 Å². The second-order valence-corrected chi connectivity index (χ2v) is 8.35. The number of aromatic nitrogens is 4. The van der Waals surface area contributed by atoms with E-state index in [0.717, 1.165) is 36.3 Å². The van der Waals surface area contributed by atoms with Gasteiger partial charge in [-0.2, -0.15) is 5.26 Å². The van der Waals surface area contributed by atoms with Crippen LogP contribution < -0.4 is 15.8 Å². The van der Waals surface area contributed by atoms with Gasteiger partial charge in [-0.1, -0.05) is 12.1 Å². The van der Waals surface area contributed by atoms with E-state index in [1.807, 2.05) is 22.7 Å². The Morgan fingerprint density at radius 2 is 2.06 bits per heavy atom. The van der Waals surface area contributed by atoms with E-state index in [4.69, 9.17) is 15.5 Å². The molecular formula is C25H24N8O2. The Balaban J connectivity index is 1.45. The maximum Gasteiger partial charge on any atom is 0.256 e. The number of pyridine rings is 1. The molecule has 35 heavy (non-hydrogen) atoms. The lowest BCUT2D eigenvalue weighted by Gasteiger charge is -2.27. The van der Waals surface area contributed by atoms with E-state index in [2.05, 4.69) is 21.5 Å². The summed E-state index contributed by atoms with van der Waals surface area (Å²) in [5.74, 6) is 2.06. The predicted octanol–water partition coefficient (Wildman–Crippen LogP) is 3.29. The number of likely N-dealkylation sites (tertiary alicyclic amines) is 1. The molecule has 0 radical (unpaired) electrons. The topological polar surface area (TPSA) is 134 Å². The molecule has 1 amide bonds. The fraction of sp³-hybridized carbons (Fsp3) is 0.240. The number of nitriles is 1. The Labute approximate surface area is 202 Å². The van der Waals surface area contributed by atoms with Gasteiger partial charge < -0.3 is 20.7 Å². The highest BCUT2D eigenvalue weighted by Gasteiger charge is 2.27. The minimum atomic E-state index is -0.285. The summed E-state index contributed by atoms with van der Waals surface area (Å²) in [6, 6.07) is 10.5. The van der Waals surface area contributed by atoms with Crippen molar-refractivity contribution >= 4 is 23.1 Å². The van der Waals surface area contributed by atoms with Gasteiger partial charge in [-0.05, 0) is 31.0 Å². The van der Waals surface area contributed by atoms with Gasteiger partial charge >= 0.3 is 0 Å². The summed E-state index contributed by atoms with van der Waals surface area (Å²) < 4.78 is 7.15. The van der Waals surface area contributed by atoms with Gasteiger partial charge in [-0.3, -0.25) is 9.20 Å². The van der Waals surface area contributed by atoms with Gasteiger partial charge in [-0.15, -0.1) is 0 Å². The number of ether oxygens (including phenoxy) is 1. The van der Waals surface area contributed by atoms with Crippen LogP contribution in [0.2, 0.25) is 0 Å². The van der Waals surface area contributed by atoms with Crippen molar-refractivity contribution in [3.05, 3.63) is 66.4 Å². The standard InChI is InChI=1S/C25H24N8O2/c1-35-19-8-9-28-20(13-19)30-25(34)17-6-4-16(5-7-17)21-22-23(27)29-10-12-33(22)24(31-21)18-3-2-11-32(14-18)15-26/h4-10,12-13,18H,2-3,11,14H2,1H3,(H2,27,29)(H,28,30,34)/t18-/m1/s1. The smallest absolute Gasteiger partial charge is 0.256 e. The number of carbonyl (C=O) groups excluding carboxylic acids is 1. The summed E-state index contributed by atoms with van der Waals surface area (Å²) >= 11 is 0. The monoisotopic (exact) mass is 468 g/mol. The first-order chi connectivity index (χ1) is 17.1. The molecule has 5 rings (SSSR count). The fourth-order valence-electron chi connectivity index (χ4n) is 4.43. The van der Waals surface area contributed by atoms with Gasteiger partial charge in [-0.25, -0.2) is 15.0 Å². The number of benzene rings is 1. The van der Waals surface area contributed by atoms with Gasteiger partial charge in [0.2, 0.25) is 0 Å². The zero-order valence-corrected chi connectivity index (χ0v) is 19.2. The number of anilines is 2. The van der Waals surface area contributed by atoms with E-state index in [9.17, 15) is 10.1 Å². The van der Waals surface area contributed by atoms with Gasteiger partial charge in [0, 0.05) is 54.8 Å². The van der Waals surface area contributed by atoms with Gasteiger partial charge in [0.05, 0.1) is 7.11 Å². The Kier molecular flexibility index (Phi) is 5.89. The van der Waals surface area contributed by atoms with Gasteiger partial charge in [0.15, 0.2) is 6.19 Å². The molecule has 1 fully saturated rings. The first-order valence-corrected chi connectivity index (χ1v) is 11.3. The number of nitrogens with two attached hydrogens (primary N) is 1. The Bertz CT molecular complexity index is 1420. The molecule has 4 aromatic rings. The van der Waals surface area contributed by atoms with E-state index in [0.29, 0.717) is 35.2 Å². The third kappa shape index (κ3) is 4.31. The average Bonchev–Trinajstić information content (AvgIpc) is 3.30. The van der Waals surface area contributed by atoms with E-state index < -0.39 is 0 Å². The Morgan fingerprint density at radius 1 is 1.23 bits per heavy atom. The van der Waals surface area contributed by atoms with Crippen molar-refractivity contribution in [3.63, 3.8) is 0 Å². The molecule has 0 saturated carbocycles. The van der Waals surface area contributed by atoms with Crippen LogP contribution in [0.5, 0.6) is 5.75 Å². The third-order valence-electron chi connectivity index (χ3n) is 6.17. The van der Waals surface area contributed by atoms with Crippen LogP contribution in [-0.4, -0.2) is 50.4 Å². The molecule has 3 N–H and O–H groups in total. The maximum atomic E-state index is 12.7. The molecule has 0 unspecified atom stereocenters. The normalized spacial score (nSPS) is 15.5. The molecule has 1 aliphatic heterocycles. The number of hydrogen-bond acceptors (Lipinski definition) is 8. The van der Waals surface area contributed by atoms with Crippen LogP contribution in [-0.2, 0) is 0 Å². The lowest BCUT2D eigenvalue weighted by molar-refractivity contribution is 0.102. The molecule has 0 aliphatic carbocycles. The number of hydrogen-bond donors (Lipinski definition) is 2. The van der Waals surface area contributed by atoms with E-state index in [1.165, 1.54) is 0 Å². The quantitative estimate of drug-likeness (QED) is 0.426. The molecule has 10 heteroatoms. The molecule has 0 spiro atoms. The zero-order valence-electron chi connectivity index (χ0n) is 19.2. The number of fused-ring (bicyclic) bond motifs is 1. The molecule has 0 bridgehead atoms. The van der Waals surface area contributed by atoms with Crippen LogP contribution in [0, 0.1) is 11.5 Å². The van der Waals surface area contributed by atoms with Crippen molar-refractivity contribution in [3.8, 4) is 23.2 Å². The summed E-state index contributed by atoms with van der Waals surface area (Å²) in [6.45, 7) is 1.39. The maximum absolute atomic E-state index is 12.7. The lowest BCUT2D eigenvalue weighted by Crippen LogP contribution is -2.31. The molecule has 1 atom stereocenters. The number of carbonyl (C=O) groups is 1. The molecule has 1 saturated heterocycles. The highest BCUT2D eigenvalue weighted by atomic mass is 16.5. The van der Waals surface area contributed by atoms with Gasteiger partial charge in [0.1, 0.15) is 34.4 Å². The molecule has 4 heterocycles. The molecule has 3 aromatic heterocycles. The number of methoxy groups -OCH3 is 1. The first-order valence-electron chi connectivity index (χ1n) is 11.3. The van der Waals surface area contributed by atoms with E-state index >= 15 is 0 Å². The Morgan fingerprint density at radius 3 is 2.83 bits per heavy atom. The van der Waals surface area contributed by atoms with Crippen molar-refractivity contribution in [2.45, 2.75) is 18.8 Å². The number of nitrogens with zero attached hydrogens (tertiary/aromatic N) is 6. The number of nitrogen functional groups attached to an aromatic ring is 1. The predicted molar refractivity (Wildman–Crippen MR) is 131 cm³/mol. The summed E-state index contributed by atoms with van der Waals surface area (Å²) in [6.07, 6.45) is 9.20. The fourth-order valence-corrected chi connectivity index (χ4v) is 4.43. The van der Waals surface area contributed by atoms with Crippen molar-refractivity contribution in [1.29, 1.82) is 5.26 Å². The van der Waals surface area contributed by atoms with Crippen LogP contribution in [0.25, 0.3) is 16.8 Å². The first kappa shape index (κ1) is 22.2. The van der Waals surface area contributed by atoms with Crippen molar-refractivity contribution in [2.24, 2.45) is 0 Å². The highest BCUT2D eigenvalue weighted by Crippen LogP contribution is 2.33. The minimum absolute atomic E-state index is 0.104. The molecule has 1 aromatic carbocycles. The zero-order chi connectivity index (χ0) is 24.4. The number of imidazole rings is 1. The molecule has 10 nitrogen and oxygen atoms in total. The SMILES string of the molecule is COc1ccnc(NC(=O)c2ccc(-c3nc([C@@H]4CCCN(C#N)C4)n4ccnc(N)c34)cc2)c1. The number of amides is 1.